The van der Waals surface area contributed by atoms with Crippen molar-refractivity contribution in [2.24, 2.45) is 5.92 Å². The third-order valence-corrected chi connectivity index (χ3v) is 8.82. The predicted molar refractivity (Wildman–Crippen MR) is 139 cm³/mol. The van der Waals surface area contributed by atoms with Gasteiger partial charge in [0.05, 0.1) is 24.9 Å². The highest BCUT2D eigenvalue weighted by atomic mass is 16.7. The number of aliphatic hydroxyl groups excluding tert-OH is 5. The Morgan fingerprint density at radius 3 is 2.30 bits per heavy atom. The van der Waals surface area contributed by atoms with Gasteiger partial charge in [0.15, 0.2) is 18.4 Å². The van der Waals surface area contributed by atoms with Gasteiger partial charge in [-0.25, -0.2) is 0 Å². The summed E-state index contributed by atoms with van der Waals surface area (Å²) in [5.41, 5.74) is 0. The molecule has 232 valence electrons. The lowest BCUT2D eigenvalue weighted by Crippen LogP contribution is -2.63. The Morgan fingerprint density at radius 1 is 0.825 bits per heavy atom. The molecule has 12 nitrogen and oxygen atoms in total. The van der Waals surface area contributed by atoms with Gasteiger partial charge in [-0.1, -0.05) is 32.6 Å². The average molecular weight is 577 g/mol. The van der Waals surface area contributed by atoms with Crippen molar-refractivity contribution in [2.75, 3.05) is 13.2 Å². The molecule has 0 aromatic carbocycles. The molecule has 4 fully saturated rings. The van der Waals surface area contributed by atoms with Crippen molar-refractivity contribution in [3.63, 3.8) is 0 Å². The molecule has 0 bridgehead atoms. The maximum absolute atomic E-state index is 12.3. The van der Waals surface area contributed by atoms with Crippen LogP contribution in [0.5, 0.6) is 0 Å². The second-order valence-electron chi connectivity index (χ2n) is 11.7. The molecule has 40 heavy (non-hydrogen) atoms. The molecule has 6 unspecified atom stereocenters. The Bertz CT molecular complexity index is 799. The fraction of sp³-hybridized carbons (Fsp3) is 0.964. The third-order valence-electron chi connectivity index (χ3n) is 8.82. The molecule has 1 aliphatic carbocycles. The molecule has 3 heterocycles. The van der Waals surface area contributed by atoms with E-state index < -0.39 is 86.3 Å². The van der Waals surface area contributed by atoms with Gasteiger partial charge in [0.2, 0.25) is 0 Å². The van der Waals surface area contributed by atoms with E-state index in [0.717, 1.165) is 38.5 Å². The van der Waals surface area contributed by atoms with E-state index >= 15 is 0 Å². The summed E-state index contributed by atoms with van der Waals surface area (Å²) < 4.78 is 36.9. The molecule has 0 amide bonds. The van der Waals surface area contributed by atoms with E-state index in [1.807, 2.05) is 6.92 Å². The maximum atomic E-state index is 12.3. The largest absolute Gasteiger partial charge is 0.394 e. The number of hydrogen-bond acceptors (Lipinski definition) is 12. The van der Waals surface area contributed by atoms with Crippen LogP contribution in [0.1, 0.15) is 72.1 Å². The van der Waals surface area contributed by atoms with Crippen LogP contribution < -0.4 is 0 Å². The van der Waals surface area contributed by atoms with Crippen molar-refractivity contribution in [2.45, 2.75) is 152 Å². The molecular formula is C28H48O12. The van der Waals surface area contributed by atoms with Crippen molar-refractivity contribution in [1.82, 2.24) is 0 Å². The van der Waals surface area contributed by atoms with Gasteiger partial charge in [0.1, 0.15) is 48.8 Å². The van der Waals surface area contributed by atoms with Crippen LogP contribution in [0.15, 0.2) is 0 Å². The first-order chi connectivity index (χ1) is 19.2. The summed E-state index contributed by atoms with van der Waals surface area (Å²) in [4.78, 5) is 12.3. The maximum Gasteiger partial charge on any atom is 0.187 e. The summed E-state index contributed by atoms with van der Waals surface area (Å²) in [6.45, 7) is 5.00. The number of carbonyl (C=O) groups excluding carboxylic acids is 1. The van der Waals surface area contributed by atoms with E-state index in [0.29, 0.717) is 19.4 Å². The number of carbonyl (C=O) groups is 1. The van der Waals surface area contributed by atoms with Crippen molar-refractivity contribution in [3.8, 4) is 0 Å². The van der Waals surface area contributed by atoms with E-state index in [2.05, 4.69) is 0 Å². The number of Topliss-reactive ketones (excluding diaryl/α,β-unsaturated/α-hetero) is 1. The summed E-state index contributed by atoms with van der Waals surface area (Å²) in [6, 6.07) is 0. The Balaban J connectivity index is 1.56. The SMILES string of the molecule is CC[C@@H]1CCC[C@@H](O[C@@H]2OC(CO)[C@H](O)C3O[C@@H](C(C)=O)CCCCCOC32)C1O[C@@H]1OC(C)[C@@H](O)C(O)[C@@H]1O. The zero-order chi connectivity index (χ0) is 29.0. The van der Waals surface area contributed by atoms with Gasteiger partial charge >= 0.3 is 0 Å². The van der Waals surface area contributed by atoms with Gasteiger partial charge in [0.25, 0.3) is 0 Å². The average Bonchev–Trinajstić information content (AvgIpc) is 2.94. The molecule has 3 saturated heterocycles. The lowest BCUT2D eigenvalue weighted by atomic mass is 9.82. The summed E-state index contributed by atoms with van der Waals surface area (Å²) in [7, 11) is 0. The molecule has 4 aliphatic rings. The first kappa shape index (κ1) is 32.2. The molecular weight excluding hydrogens is 528 g/mol. The minimum atomic E-state index is -1.45. The quantitative estimate of drug-likeness (QED) is 0.279. The lowest BCUT2D eigenvalue weighted by molar-refractivity contribution is -0.353. The van der Waals surface area contributed by atoms with Gasteiger partial charge in [-0.2, -0.15) is 0 Å². The fourth-order valence-electron chi connectivity index (χ4n) is 6.31. The van der Waals surface area contributed by atoms with E-state index in [9.17, 15) is 30.3 Å². The van der Waals surface area contributed by atoms with E-state index in [1.165, 1.54) is 6.92 Å². The molecule has 0 aromatic rings. The highest BCUT2D eigenvalue weighted by molar-refractivity contribution is 5.80. The van der Waals surface area contributed by atoms with Crippen molar-refractivity contribution in [1.29, 1.82) is 0 Å². The molecule has 14 atom stereocenters. The molecule has 5 N–H and O–H groups in total. The minimum Gasteiger partial charge on any atom is -0.394 e. The van der Waals surface area contributed by atoms with Crippen LogP contribution in [0, 0.1) is 5.92 Å². The molecule has 0 spiro atoms. The first-order valence-corrected chi connectivity index (χ1v) is 14.9. The number of hydrogen-bond donors (Lipinski definition) is 5. The monoisotopic (exact) mass is 576 g/mol. The van der Waals surface area contributed by atoms with Crippen molar-refractivity contribution >= 4 is 5.78 Å². The highest BCUT2D eigenvalue weighted by Gasteiger charge is 2.51. The fourth-order valence-corrected chi connectivity index (χ4v) is 6.31. The van der Waals surface area contributed by atoms with Gasteiger partial charge in [0, 0.05) is 6.61 Å². The number of ether oxygens (including phenoxy) is 6. The van der Waals surface area contributed by atoms with Crippen LogP contribution in [0.25, 0.3) is 0 Å². The second kappa shape index (κ2) is 14.6. The predicted octanol–water partition coefficient (Wildman–Crippen LogP) is 0.175. The van der Waals surface area contributed by atoms with Crippen LogP contribution in [0.3, 0.4) is 0 Å². The Morgan fingerprint density at radius 2 is 1.60 bits per heavy atom. The number of rotatable bonds is 7. The zero-order valence-electron chi connectivity index (χ0n) is 23.7. The molecule has 0 aromatic heterocycles. The van der Waals surface area contributed by atoms with E-state index in [4.69, 9.17) is 28.4 Å². The smallest absolute Gasteiger partial charge is 0.187 e. The van der Waals surface area contributed by atoms with Gasteiger partial charge in [-0.15, -0.1) is 0 Å². The number of aliphatic hydroxyl groups is 5. The van der Waals surface area contributed by atoms with Gasteiger partial charge in [-0.05, 0) is 45.4 Å². The summed E-state index contributed by atoms with van der Waals surface area (Å²) in [5, 5.41) is 52.1. The van der Waals surface area contributed by atoms with Crippen LogP contribution in [-0.2, 0) is 33.2 Å². The highest BCUT2D eigenvalue weighted by Crippen LogP contribution is 2.37. The zero-order valence-corrected chi connectivity index (χ0v) is 23.7. The molecule has 4 rings (SSSR count). The summed E-state index contributed by atoms with van der Waals surface area (Å²) in [5.74, 6) is -0.0917. The van der Waals surface area contributed by atoms with Crippen LogP contribution in [0.2, 0.25) is 0 Å². The van der Waals surface area contributed by atoms with E-state index in [1.54, 1.807) is 6.92 Å². The second-order valence-corrected chi connectivity index (χ2v) is 11.7. The Hall–Kier alpha value is -0.770. The van der Waals surface area contributed by atoms with Crippen LogP contribution >= 0.6 is 0 Å². The lowest BCUT2D eigenvalue weighted by Gasteiger charge is -2.48. The molecule has 12 heteroatoms. The summed E-state index contributed by atoms with van der Waals surface area (Å²) >= 11 is 0. The third kappa shape index (κ3) is 7.23. The number of ketones is 1. The standard InChI is InChI=1S/C28H48O12/c1-4-16-9-8-11-18(24(16)40-27-23(34)22(33)20(31)15(3)36-27)38-28-26-25(21(32)19(13-29)39-28)37-17(14(2)30)10-6-5-7-12-35-26/h15-29,31-34H,4-13H2,1-3H3/t15?,16-,17-,18-,19?,20-,21+,22?,23+,24?,25?,26?,27+,28-/m1/s1. The van der Waals surface area contributed by atoms with Gasteiger partial charge < -0.3 is 54.0 Å². The minimum absolute atomic E-state index is 0.0516. The van der Waals surface area contributed by atoms with Crippen molar-refractivity contribution < 1.29 is 58.7 Å². The Labute approximate surface area is 235 Å². The molecule has 0 radical (unpaired) electrons. The van der Waals surface area contributed by atoms with Crippen LogP contribution in [0.4, 0.5) is 0 Å². The van der Waals surface area contributed by atoms with E-state index in [-0.39, 0.29) is 11.7 Å². The molecule has 1 saturated carbocycles. The number of fused-ring (bicyclic) bond motifs is 1. The topological polar surface area (TPSA) is 174 Å². The molecule has 3 aliphatic heterocycles. The van der Waals surface area contributed by atoms with Gasteiger partial charge in [-0.3, -0.25) is 4.79 Å². The van der Waals surface area contributed by atoms with Crippen molar-refractivity contribution in [3.05, 3.63) is 0 Å². The first-order valence-electron chi connectivity index (χ1n) is 14.9. The summed E-state index contributed by atoms with van der Waals surface area (Å²) in [6.07, 6.45) is -6.92. The van der Waals surface area contributed by atoms with Crippen LogP contribution in [-0.4, -0.2) is 124 Å². The normalized spacial score (nSPS) is 47.3. The Kier molecular flexibility index (Phi) is 11.7.